The van der Waals surface area contributed by atoms with E-state index in [0.717, 1.165) is 48.0 Å². The van der Waals surface area contributed by atoms with Gasteiger partial charge in [0.25, 0.3) is 0 Å². The molecule has 30 heavy (non-hydrogen) atoms. The number of hydrogen-bond acceptors (Lipinski definition) is 4. The molecule has 0 radical (unpaired) electrons. The summed E-state index contributed by atoms with van der Waals surface area (Å²) in [5.74, 6) is 0.850. The van der Waals surface area contributed by atoms with Gasteiger partial charge in [-0.2, -0.15) is 10.4 Å². The van der Waals surface area contributed by atoms with Crippen LogP contribution in [0.2, 0.25) is 0 Å². The monoisotopic (exact) mass is 392 g/mol. The number of fused-ring (bicyclic) bond motifs is 5. The van der Waals surface area contributed by atoms with Crippen molar-refractivity contribution in [3.63, 3.8) is 0 Å². The third-order valence-corrected chi connectivity index (χ3v) is 6.12. The Kier molecular flexibility index (Phi) is 3.75. The first-order valence-corrected chi connectivity index (χ1v) is 10.3. The van der Waals surface area contributed by atoms with Gasteiger partial charge in [-0.25, -0.2) is 9.67 Å². The molecule has 4 heterocycles. The Morgan fingerprint density at radius 2 is 1.77 bits per heavy atom. The molecule has 1 saturated heterocycles. The molecular weight excluding hydrogens is 372 g/mol. The van der Waals surface area contributed by atoms with Gasteiger partial charge in [-0.05, 0) is 60.4 Å². The van der Waals surface area contributed by atoms with E-state index in [2.05, 4.69) is 56.1 Å². The smallest absolute Gasteiger partial charge is 0.179 e. The summed E-state index contributed by atoms with van der Waals surface area (Å²) in [6.07, 6.45) is 6.32. The number of hydrogen-bond donors (Lipinski definition) is 0. The fourth-order valence-electron chi connectivity index (χ4n) is 4.58. The van der Waals surface area contributed by atoms with Crippen LogP contribution in [0.1, 0.15) is 24.0 Å². The average molecular weight is 392 g/mol. The van der Waals surface area contributed by atoms with E-state index in [-0.39, 0.29) is 0 Å². The van der Waals surface area contributed by atoms with E-state index < -0.39 is 0 Å². The van der Waals surface area contributed by atoms with Gasteiger partial charge in [0.05, 0.1) is 23.0 Å². The number of anilines is 1. The highest BCUT2D eigenvalue weighted by Crippen LogP contribution is 2.35. The summed E-state index contributed by atoms with van der Waals surface area (Å²) in [7, 11) is 0. The number of benzene rings is 2. The lowest BCUT2D eigenvalue weighted by atomic mass is 10.1. The molecule has 0 amide bonds. The number of nitriles is 1. The van der Waals surface area contributed by atoms with Crippen molar-refractivity contribution in [2.75, 3.05) is 18.0 Å². The van der Waals surface area contributed by atoms with Gasteiger partial charge < -0.3 is 9.47 Å². The normalized spacial score (nSPS) is 14.6. The predicted octanol–water partition coefficient (Wildman–Crippen LogP) is 4.24. The molecule has 2 aromatic carbocycles. The molecule has 1 fully saturated rings. The number of nitrogens with zero attached hydrogens (tertiary/aromatic N) is 6. The van der Waals surface area contributed by atoms with Crippen molar-refractivity contribution in [2.45, 2.75) is 19.4 Å². The first-order valence-electron chi connectivity index (χ1n) is 10.3. The van der Waals surface area contributed by atoms with E-state index in [1.54, 1.807) is 6.33 Å². The van der Waals surface area contributed by atoms with Crippen molar-refractivity contribution >= 4 is 5.69 Å². The molecule has 0 aliphatic carbocycles. The molecule has 6 heteroatoms. The van der Waals surface area contributed by atoms with Crippen LogP contribution < -0.4 is 4.90 Å². The largest absolute Gasteiger partial charge is 0.372 e. The van der Waals surface area contributed by atoms with Gasteiger partial charge in [-0.1, -0.05) is 12.1 Å². The predicted molar refractivity (Wildman–Crippen MR) is 115 cm³/mol. The molecular formula is C24H20N6. The van der Waals surface area contributed by atoms with Crippen molar-refractivity contribution in [1.82, 2.24) is 19.3 Å². The van der Waals surface area contributed by atoms with Crippen LogP contribution >= 0.6 is 0 Å². The molecule has 2 aromatic heterocycles. The van der Waals surface area contributed by atoms with Crippen molar-refractivity contribution in [3.05, 3.63) is 72.2 Å². The molecule has 0 saturated carbocycles. The molecule has 2 aliphatic heterocycles. The Labute approximate surface area is 174 Å². The van der Waals surface area contributed by atoms with Crippen LogP contribution in [0.25, 0.3) is 28.3 Å². The summed E-state index contributed by atoms with van der Waals surface area (Å²) >= 11 is 0. The van der Waals surface area contributed by atoms with Gasteiger partial charge in [0.15, 0.2) is 5.82 Å². The maximum atomic E-state index is 9.07. The molecule has 0 N–H and O–H groups in total. The van der Waals surface area contributed by atoms with Crippen molar-refractivity contribution < 1.29 is 0 Å². The summed E-state index contributed by atoms with van der Waals surface area (Å²) in [6.45, 7) is 3.03. The second-order valence-corrected chi connectivity index (χ2v) is 7.93. The molecule has 146 valence electrons. The topological polar surface area (TPSA) is 62.7 Å². The quantitative estimate of drug-likeness (QED) is 0.451. The van der Waals surface area contributed by atoms with Crippen molar-refractivity contribution in [2.24, 2.45) is 0 Å². The minimum absolute atomic E-state index is 0.669. The summed E-state index contributed by atoms with van der Waals surface area (Å²) < 4.78 is 4.21. The molecule has 0 atom stereocenters. The van der Waals surface area contributed by atoms with Crippen LogP contribution in [0.3, 0.4) is 0 Å². The van der Waals surface area contributed by atoms with Crippen molar-refractivity contribution in [3.8, 4) is 34.4 Å². The second kappa shape index (κ2) is 6.60. The van der Waals surface area contributed by atoms with Crippen LogP contribution in [-0.2, 0) is 6.54 Å². The summed E-state index contributed by atoms with van der Waals surface area (Å²) in [6, 6.07) is 18.7. The SMILES string of the molecule is N#Cc1ccc(-c2cc3n(c2)Cc2cc(N4CCCC4)ccc2-n2ncnc2-3)cc1. The first kappa shape index (κ1) is 17.0. The van der Waals surface area contributed by atoms with E-state index in [1.807, 2.05) is 28.9 Å². The first-order chi connectivity index (χ1) is 14.8. The zero-order chi connectivity index (χ0) is 20.1. The van der Waals surface area contributed by atoms with Gasteiger partial charge in [-0.15, -0.1) is 0 Å². The minimum atomic E-state index is 0.669. The Hall–Kier alpha value is -3.85. The lowest BCUT2D eigenvalue weighted by Crippen LogP contribution is -2.18. The third-order valence-electron chi connectivity index (χ3n) is 6.12. The zero-order valence-corrected chi connectivity index (χ0v) is 16.5. The molecule has 4 aromatic rings. The molecule has 0 unspecified atom stereocenters. The lowest BCUT2D eigenvalue weighted by molar-refractivity contribution is 0.815. The number of aromatic nitrogens is 4. The lowest BCUT2D eigenvalue weighted by Gasteiger charge is -2.19. The Morgan fingerprint density at radius 3 is 2.57 bits per heavy atom. The van der Waals surface area contributed by atoms with Crippen LogP contribution in [0.15, 0.2) is 61.1 Å². The highest BCUT2D eigenvalue weighted by Gasteiger charge is 2.23. The summed E-state index contributed by atoms with van der Waals surface area (Å²) in [5, 5.41) is 13.6. The van der Waals surface area contributed by atoms with E-state index in [9.17, 15) is 0 Å². The van der Waals surface area contributed by atoms with E-state index in [0.29, 0.717) is 5.56 Å². The van der Waals surface area contributed by atoms with E-state index >= 15 is 0 Å². The Balaban J connectivity index is 1.46. The summed E-state index contributed by atoms with van der Waals surface area (Å²) in [5.41, 5.74) is 7.54. The third kappa shape index (κ3) is 2.63. The minimum Gasteiger partial charge on any atom is -0.372 e. The van der Waals surface area contributed by atoms with Crippen LogP contribution in [0.4, 0.5) is 5.69 Å². The summed E-state index contributed by atoms with van der Waals surface area (Å²) in [4.78, 5) is 7.03. The van der Waals surface area contributed by atoms with Gasteiger partial charge in [0.2, 0.25) is 0 Å². The van der Waals surface area contributed by atoms with Gasteiger partial charge in [-0.3, -0.25) is 0 Å². The van der Waals surface area contributed by atoms with E-state index in [4.69, 9.17) is 5.26 Å². The second-order valence-electron chi connectivity index (χ2n) is 7.93. The van der Waals surface area contributed by atoms with E-state index in [1.165, 1.54) is 24.1 Å². The maximum Gasteiger partial charge on any atom is 0.179 e. The number of rotatable bonds is 2. The zero-order valence-electron chi connectivity index (χ0n) is 16.5. The van der Waals surface area contributed by atoms with Gasteiger partial charge in [0, 0.05) is 37.1 Å². The molecule has 2 aliphatic rings. The van der Waals surface area contributed by atoms with Gasteiger partial charge >= 0.3 is 0 Å². The van der Waals surface area contributed by atoms with Crippen molar-refractivity contribution in [1.29, 1.82) is 5.26 Å². The van der Waals surface area contributed by atoms with Crippen LogP contribution in [0.5, 0.6) is 0 Å². The highest BCUT2D eigenvalue weighted by atomic mass is 15.4. The van der Waals surface area contributed by atoms with Gasteiger partial charge in [0.1, 0.15) is 6.33 Å². The van der Waals surface area contributed by atoms with Crippen LogP contribution in [0, 0.1) is 11.3 Å². The molecule has 6 nitrogen and oxygen atoms in total. The highest BCUT2D eigenvalue weighted by molar-refractivity contribution is 5.72. The van der Waals surface area contributed by atoms with Crippen LogP contribution in [-0.4, -0.2) is 32.4 Å². The maximum absolute atomic E-state index is 9.07. The molecule has 0 spiro atoms. The fourth-order valence-corrected chi connectivity index (χ4v) is 4.58. The average Bonchev–Trinajstić information content (AvgIpc) is 3.54. The molecule has 6 rings (SSSR count). The Bertz CT molecular complexity index is 1280. The standard InChI is InChI=1S/C24H20N6/c25-13-17-3-5-18(6-4-17)19-12-23-24-26-16-27-30(24)22-8-7-21(28-9-1-2-10-28)11-20(22)15-29(23)14-19/h3-8,11-12,14,16H,1-2,9-10,15H2. The molecule has 0 bridgehead atoms. The fraction of sp³-hybridized carbons (Fsp3) is 0.208. The Morgan fingerprint density at radius 1 is 0.933 bits per heavy atom.